The van der Waals surface area contributed by atoms with E-state index in [0.717, 1.165) is 11.4 Å². The molecule has 1 heterocycles. The molecule has 1 aromatic carbocycles. The highest BCUT2D eigenvalue weighted by Gasteiger charge is 2.43. The third kappa shape index (κ3) is 2.41. The number of methoxy groups -OCH3 is 2. The summed E-state index contributed by atoms with van der Waals surface area (Å²) in [5.41, 5.74) is 0.0651. The minimum absolute atomic E-state index is 0.296. The van der Waals surface area contributed by atoms with Gasteiger partial charge in [0.05, 0.1) is 20.8 Å². The van der Waals surface area contributed by atoms with Crippen molar-refractivity contribution in [2.75, 3.05) is 32.8 Å². The van der Waals surface area contributed by atoms with Gasteiger partial charge in [-0.05, 0) is 24.3 Å². The van der Waals surface area contributed by atoms with Gasteiger partial charge < -0.3 is 19.5 Å². The quantitative estimate of drug-likeness (QED) is 0.821. The number of benzene rings is 1. The van der Waals surface area contributed by atoms with Crippen LogP contribution in [0.2, 0.25) is 0 Å². The Morgan fingerprint density at radius 1 is 1.33 bits per heavy atom. The van der Waals surface area contributed by atoms with Gasteiger partial charge in [0.2, 0.25) is 0 Å². The maximum absolute atomic E-state index is 11.9. The monoisotopic (exact) mass is 251 g/mol. The molecule has 1 saturated heterocycles. The highest BCUT2D eigenvalue weighted by atomic mass is 16.5. The number of carbonyl (C=O) groups excluding carboxylic acids is 1. The van der Waals surface area contributed by atoms with Gasteiger partial charge in [-0.2, -0.15) is 0 Å². The van der Waals surface area contributed by atoms with Gasteiger partial charge in [0.1, 0.15) is 5.75 Å². The Labute approximate surface area is 106 Å². The molecule has 5 nitrogen and oxygen atoms in total. The van der Waals surface area contributed by atoms with Crippen molar-refractivity contribution in [2.45, 2.75) is 12.0 Å². The lowest BCUT2D eigenvalue weighted by atomic mass is 9.98. The molecule has 0 spiro atoms. The summed E-state index contributed by atoms with van der Waals surface area (Å²) in [5, 5.41) is 3.20. The molecule has 1 aliphatic rings. The van der Waals surface area contributed by atoms with Gasteiger partial charge in [-0.1, -0.05) is 0 Å². The van der Waals surface area contributed by atoms with E-state index in [1.54, 1.807) is 7.11 Å². The number of rotatable bonds is 4. The van der Waals surface area contributed by atoms with Crippen LogP contribution in [-0.4, -0.2) is 38.9 Å². The van der Waals surface area contributed by atoms with E-state index in [1.807, 2.05) is 24.3 Å². The number of esters is 1. The van der Waals surface area contributed by atoms with Crippen LogP contribution >= 0.6 is 0 Å². The maximum Gasteiger partial charge on any atom is 0.334 e. The highest BCUT2D eigenvalue weighted by molar-refractivity contribution is 5.85. The molecule has 0 aliphatic carbocycles. The zero-order valence-electron chi connectivity index (χ0n) is 10.6. The van der Waals surface area contributed by atoms with Crippen molar-refractivity contribution in [3.63, 3.8) is 0 Å². The third-order valence-electron chi connectivity index (χ3n) is 3.07. The fourth-order valence-electron chi connectivity index (χ4n) is 2.02. The van der Waals surface area contributed by atoms with Gasteiger partial charge in [-0.25, -0.2) is 4.79 Å². The van der Waals surface area contributed by atoms with Crippen molar-refractivity contribution in [3.05, 3.63) is 24.3 Å². The Balaban J connectivity index is 2.15. The molecule has 1 aliphatic heterocycles. The molecular formula is C13H17NO4. The van der Waals surface area contributed by atoms with Crippen molar-refractivity contribution >= 4 is 11.7 Å². The first-order valence-corrected chi connectivity index (χ1v) is 5.78. The van der Waals surface area contributed by atoms with Crippen LogP contribution in [0.25, 0.3) is 0 Å². The molecule has 98 valence electrons. The normalized spacial score (nSPS) is 22.6. The van der Waals surface area contributed by atoms with Crippen LogP contribution < -0.4 is 10.1 Å². The van der Waals surface area contributed by atoms with E-state index in [-0.39, 0.29) is 5.97 Å². The predicted octanol–water partition coefficient (Wildman–Crippen LogP) is 1.44. The second-order valence-corrected chi connectivity index (χ2v) is 4.23. The lowest BCUT2D eigenvalue weighted by Gasteiger charge is -2.26. The lowest BCUT2D eigenvalue weighted by molar-refractivity contribution is -0.146. The van der Waals surface area contributed by atoms with E-state index >= 15 is 0 Å². The maximum atomic E-state index is 11.9. The zero-order chi connectivity index (χ0) is 13.0. The molecule has 1 unspecified atom stereocenters. The van der Waals surface area contributed by atoms with Gasteiger partial charge >= 0.3 is 5.97 Å². The van der Waals surface area contributed by atoms with Crippen molar-refractivity contribution in [2.24, 2.45) is 0 Å². The van der Waals surface area contributed by atoms with Crippen LogP contribution in [0.5, 0.6) is 5.75 Å². The SMILES string of the molecule is COC(=O)C1(Nc2ccc(OC)cc2)CCOC1. The van der Waals surface area contributed by atoms with E-state index < -0.39 is 5.54 Å². The number of hydrogen-bond donors (Lipinski definition) is 1. The molecule has 0 bridgehead atoms. The topological polar surface area (TPSA) is 56.8 Å². The van der Waals surface area contributed by atoms with Crippen LogP contribution in [0.15, 0.2) is 24.3 Å². The molecule has 0 amide bonds. The number of hydrogen-bond acceptors (Lipinski definition) is 5. The molecule has 1 N–H and O–H groups in total. The average molecular weight is 251 g/mol. The Morgan fingerprint density at radius 2 is 2.06 bits per heavy atom. The lowest BCUT2D eigenvalue weighted by Crippen LogP contribution is -2.47. The fraction of sp³-hybridized carbons (Fsp3) is 0.462. The van der Waals surface area contributed by atoms with Crippen LogP contribution in [0.1, 0.15) is 6.42 Å². The van der Waals surface area contributed by atoms with E-state index in [4.69, 9.17) is 14.2 Å². The van der Waals surface area contributed by atoms with E-state index in [0.29, 0.717) is 19.6 Å². The Bertz CT molecular complexity index is 410. The van der Waals surface area contributed by atoms with E-state index in [2.05, 4.69) is 5.32 Å². The molecule has 1 atom stereocenters. The fourth-order valence-corrected chi connectivity index (χ4v) is 2.02. The standard InChI is InChI=1S/C13H17NO4/c1-16-11-5-3-10(4-6-11)14-13(12(15)17-2)7-8-18-9-13/h3-6,14H,7-9H2,1-2H3. The Kier molecular flexibility index (Phi) is 3.72. The smallest absolute Gasteiger partial charge is 0.334 e. The number of anilines is 1. The second kappa shape index (κ2) is 5.27. The first-order valence-electron chi connectivity index (χ1n) is 5.78. The summed E-state index contributed by atoms with van der Waals surface area (Å²) in [4.78, 5) is 11.9. The molecule has 0 saturated carbocycles. The van der Waals surface area contributed by atoms with Crippen LogP contribution in [0.4, 0.5) is 5.69 Å². The van der Waals surface area contributed by atoms with Crippen molar-refractivity contribution in [1.29, 1.82) is 0 Å². The highest BCUT2D eigenvalue weighted by Crippen LogP contribution is 2.26. The number of ether oxygens (including phenoxy) is 3. The molecule has 0 aromatic heterocycles. The third-order valence-corrected chi connectivity index (χ3v) is 3.07. The molecule has 1 aromatic rings. The molecule has 2 rings (SSSR count). The van der Waals surface area contributed by atoms with E-state index in [9.17, 15) is 4.79 Å². The van der Waals surface area contributed by atoms with Crippen molar-refractivity contribution < 1.29 is 19.0 Å². The number of carbonyl (C=O) groups is 1. The summed E-state index contributed by atoms with van der Waals surface area (Å²) in [5.74, 6) is 0.478. The van der Waals surface area contributed by atoms with Gasteiger partial charge in [0.25, 0.3) is 0 Å². The Hall–Kier alpha value is -1.75. The molecular weight excluding hydrogens is 234 g/mol. The minimum Gasteiger partial charge on any atom is -0.497 e. The Morgan fingerprint density at radius 3 is 2.56 bits per heavy atom. The van der Waals surface area contributed by atoms with E-state index in [1.165, 1.54) is 7.11 Å². The predicted molar refractivity (Wildman–Crippen MR) is 66.8 cm³/mol. The molecule has 5 heteroatoms. The van der Waals surface area contributed by atoms with Gasteiger partial charge in [0.15, 0.2) is 5.54 Å². The summed E-state index contributed by atoms with van der Waals surface area (Å²) in [6, 6.07) is 7.40. The van der Waals surface area contributed by atoms with Crippen molar-refractivity contribution in [1.82, 2.24) is 0 Å². The zero-order valence-corrected chi connectivity index (χ0v) is 10.6. The minimum atomic E-state index is -0.774. The first-order chi connectivity index (χ1) is 8.70. The summed E-state index contributed by atoms with van der Waals surface area (Å²) in [6.45, 7) is 0.879. The van der Waals surface area contributed by atoms with Crippen molar-refractivity contribution in [3.8, 4) is 5.75 Å². The summed E-state index contributed by atoms with van der Waals surface area (Å²) in [7, 11) is 3.00. The van der Waals surface area contributed by atoms with Crippen LogP contribution in [0.3, 0.4) is 0 Å². The first kappa shape index (κ1) is 12.7. The average Bonchev–Trinajstić information content (AvgIpc) is 2.88. The molecule has 18 heavy (non-hydrogen) atoms. The largest absolute Gasteiger partial charge is 0.497 e. The van der Waals surface area contributed by atoms with Crippen LogP contribution in [-0.2, 0) is 14.3 Å². The molecule has 0 radical (unpaired) electrons. The second-order valence-electron chi connectivity index (χ2n) is 4.23. The van der Waals surface area contributed by atoms with Gasteiger partial charge in [0, 0.05) is 18.7 Å². The van der Waals surface area contributed by atoms with Gasteiger partial charge in [-0.3, -0.25) is 0 Å². The van der Waals surface area contributed by atoms with Crippen LogP contribution in [0, 0.1) is 0 Å². The summed E-state index contributed by atoms with van der Waals surface area (Å²) in [6.07, 6.45) is 0.603. The summed E-state index contributed by atoms with van der Waals surface area (Å²) < 4.78 is 15.2. The number of nitrogens with one attached hydrogen (secondary N) is 1. The molecule has 1 fully saturated rings. The van der Waals surface area contributed by atoms with Gasteiger partial charge in [-0.15, -0.1) is 0 Å². The summed E-state index contributed by atoms with van der Waals surface area (Å²) >= 11 is 0.